The van der Waals surface area contributed by atoms with E-state index in [1.165, 1.54) is 44.9 Å². The Kier molecular flexibility index (Phi) is 7.25. The summed E-state index contributed by atoms with van der Waals surface area (Å²) < 4.78 is 0. The van der Waals surface area contributed by atoms with E-state index in [1.54, 1.807) is 0 Å². The highest BCUT2D eigenvalue weighted by Gasteiger charge is 2.12. The van der Waals surface area contributed by atoms with E-state index in [9.17, 15) is 4.79 Å². The molecule has 1 atom stereocenters. The number of nitrogens with one attached hydrogen (secondary N) is 1. The van der Waals surface area contributed by atoms with E-state index in [0.717, 1.165) is 13.0 Å². The van der Waals surface area contributed by atoms with Crippen molar-refractivity contribution in [3.05, 3.63) is 0 Å². The van der Waals surface area contributed by atoms with Gasteiger partial charge in [-0.15, -0.1) is 0 Å². The monoisotopic (exact) mass is 240 g/mol. The van der Waals surface area contributed by atoms with Crippen molar-refractivity contribution in [1.29, 1.82) is 0 Å². The molecule has 0 saturated heterocycles. The van der Waals surface area contributed by atoms with Crippen molar-refractivity contribution in [2.45, 2.75) is 70.8 Å². The molecule has 0 bridgehead atoms. The second-order valence-electron chi connectivity index (χ2n) is 5.53. The Morgan fingerprint density at radius 3 is 2.41 bits per heavy atom. The zero-order valence-electron chi connectivity index (χ0n) is 11.2. The number of carbonyl (C=O) groups is 1. The van der Waals surface area contributed by atoms with Crippen molar-refractivity contribution >= 4 is 5.91 Å². The SMILES string of the molecule is CC(N)CCC(=O)NCC1CCCCCCC1. The highest BCUT2D eigenvalue weighted by atomic mass is 16.1. The van der Waals surface area contributed by atoms with Gasteiger partial charge < -0.3 is 11.1 Å². The van der Waals surface area contributed by atoms with Gasteiger partial charge in [0.15, 0.2) is 0 Å². The van der Waals surface area contributed by atoms with Gasteiger partial charge in [-0.25, -0.2) is 0 Å². The standard InChI is InChI=1S/C14H28N2O/c1-12(15)9-10-14(17)16-11-13-7-5-3-2-4-6-8-13/h12-13H,2-11,15H2,1H3,(H,16,17). The summed E-state index contributed by atoms with van der Waals surface area (Å²) in [7, 11) is 0. The summed E-state index contributed by atoms with van der Waals surface area (Å²) in [5, 5.41) is 3.06. The van der Waals surface area contributed by atoms with Crippen molar-refractivity contribution in [3.63, 3.8) is 0 Å². The van der Waals surface area contributed by atoms with Gasteiger partial charge in [0.25, 0.3) is 0 Å². The van der Waals surface area contributed by atoms with Crippen LogP contribution in [-0.2, 0) is 4.79 Å². The van der Waals surface area contributed by atoms with Crippen LogP contribution in [0.2, 0.25) is 0 Å². The van der Waals surface area contributed by atoms with E-state index in [-0.39, 0.29) is 11.9 Å². The van der Waals surface area contributed by atoms with E-state index >= 15 is 0 Å². The third kappa shape index (κ3) is 7.37. The van der Waals surface area contributed by atoms with Gasteiger partial charge in [-0.05, 0) is 32.1 Å². The van der Waals surface area contributed by atoms with Gasteiger partial charge in [-0.3, -0.25) is 4.79 Å². The molecule has 1 rings (SSSR count). The second kappa shape index (κ2) is 8.51. The van der Waals surface area contributed by atoms with Crippen LogP contribution in [0.5, 0.6) is 0 Å². The summed E-state index contributed by atoms with van der Waals surface area (Å²) >= 11 is 0. The molecule has 3 heteroatoms. The van der Waals surface area contributed by atoms with E-state index in [0.29, 0.717) is 12.3 Å². The van der Waals surface area contributed by atoms with Crippen LogP contribution in [0.4, 0.5) is 0 Å². The maximum absolute atomic E-state index is 11.6. The molecule has 0 radical (unpaired) electrons. The lowest BCUT2D eigenvalue weighted by molar-refractivity contribution is -0.121. The lowest BCUT2D eigenvalue weighted by Crippen LogP contribution is -2.30. The summed E-state index contributed by atoms with van der Waals surface area (Å²) in [5.41, 5.74) is 5.64. The molecule has 1 unspecified atom stereocenters. The van der Waals surface area contributed by atoms with Gasteiger partial charge in [0.1, 0.15) is 0 Å². The first-order valence-electron chi connectivity index (χ1n) is 7.20. The van der Waals surface area contributed by atoms with Crippen molar-refractivity contribution in [2.75, 3.05) is 6.54 Å². The normalized spacial score (nSPS) is 20.4. The Labute approximate surface area is 106 Å². The minimum Gasteiger partial charge on any atom is -0.356 e. The summed E-state index contributed by atoms with van der Waals surface area (Å²) in [6.07, 6.45) is 10.7. The molecule has 1 fully saturated rings. The highest BCUT2D eigenvalue weighted by Crippen LogP contribution is 2.21. The number of carbonyl (C=O) groups excluding carboxylic acids is 1. The maximum atomic E-state index is 11.6. The number of amides is 1. The minimum absolute atomic E-state index is 0.127. The summed E-state index contributed by atoms with van der Waals surface area (Å²) in [6.45, 7) is 2.82. The summed E-state index contributed by atoms with van der Waals surface area (Å²) in [5.74, 6) is 0.874. The molecule has 3 nitrogen and oxygen atoms in total. The van der Waals surface area contributed by atoms with Gasteiger partial charge in [0, 0.05) is 19.0 Å². The van der Waals surface area contributed by atoms with Crippen LogP contribution < -0.4 is 11.1 Å². The molecule has 0 aliphatic heterocycles. The van der Waals surface area contributed by atoms with Crippen molar-refractivity contribution < 1.29 is 4.79 Å². The molecule has 0 aromatic carbocycles. The van der Waals surface area contributed by atoms with Gasteiger partial charge >= 0.3 is 0 Å². The van der Waals surface area contributed by atoms with Crippen LogP contribution in [0.3, 0.4) is 0 Å². The van der Waals surface area contributed by atoms with Crippen LogP contribution in [-0.4, -0.2) is 18.5 Å². The van der Waals surface area contributed by atoms with Gasteiger partial charge in [0.2, 0.25) is 5.91 Å². The molecule has 1 aliphatic rings. The number of rotatable bonds is 5. The molecule has 1 amide bonds. The zero-order chi connectivity index (χ0) is 12.5. The fourth-order valence-corrected chi connectivity index (χ4v) is 2.45. The molecule has 3 N–H and O–H groups in total. The summed E-state index contributed by atoms with van der Waals surface area (Å²) in [6, 6.07) is 0.127. The van der Waals surface area contributed by atoms with Crippen LogP contribution >= 0.6 is 0 Å². The first-order valence-corrected chi connectivity index (χ1v) is 7.20. The van der Waals surface area contributed by atoms with Crippen molar-refractivity contribution in [1.82, 2.24) is 5.32 Å². The second-order valence-corrected chi connectivity index (χ2v) is 5.53. The Morgan fingerprint density at radius 2 is 1.82 bits per heavy atom. The Morgan fingerprint density at radius 1 is 1.24 bits per heavy atom. The zero-order valence-corrected chi connectivity index (χ0v) is 11.2. The third-order valence-electron chi connectivity index (χ3n) is 3.64. The van der Waals surface area contributed by atoms with E-state index < -0.39 is 0 Å². The Hall–Kier alpha value is -0.570. The average Bonchev–Trinajstić information content (AvgIpc) is 2.24. The maximum Gasteiger partial charge on any atom is 0.220 e. The molecule has 0 spiro atoms. The number of hydrogen-bond donors (Lipinski definition) is 2. The van der Waals surface area contributed by atoms with Gasteiger partial charge in [-0.1, -0.05) is 32.1 Å². The van der Waals surface area contributed by atoms with E-state index in [4.69, 9.17) is 5.73 Å². The van der Waals surface area contributed by atoms with Crippen LogP contribution in [0.1, 0.15) is 64.7 Å². The smallest absolute Gasteiger partial charge is 0.220 e. The predicted octanol–water partition coefficient (Wildman–Crippen LogP) is 2.59. The molecule has 1 saturated carbocycles. The van der Waals surface area contributed by atoms with Crippen molar-refractivity contribution in [3.8, 4) is 0 Å². The lowest BCUT2D eigenvalue weighted by atomic mass is 9.91. The first kappa shape index (κ1) is 14.5. The first-order chi connectivity index (χ1) is 8.18. The van der Waals surface area contributed by atoms with E-state index in [1.807, 2.05) is 6.92 Å². The van der Waals surface area contributed by atoms with Crippen LogP contribution in [0, 0.1) is 5.92 Å². The fraction of sp³-hybridized carbons (Fsp3) is 0.929. The average molecular weight is 240 g/mol. The molecule has 100 valence electrons. The molecule has 0 aromatic heterocycles. The van der Waals surface area contributed by atoms with Gasteiger partial charge in [-0.2, -0.15) is 0 Å². The number of nitrogens with two attached hydrogens (primary N) is 1. The molecule has 1 aliphatic carbocycles. The molecule has 0 aromatic rings. The topological polar surface area (TPSA) is 55.1 Å². The summed E-state index contributed by atoms with van der Waals surface area (Å²) in [4.78, 5) is 11.6. The third-order valence-corrected chi connectivity index (χ3v) is 3.64. The Balaban J connectivity index is 2.12. The highest BCUT2D eigenvalue weighted by molar-refractivity contribution is 5.75. The predicted molar refractivity (Wildman–Crippen MR) is 71.7 cm³/mol. The van der Waals surface area contributed by atoms with Gasteiger partial charge in [0.05, 0.1) is 0 Å². The van der Waals surface area contributed by atoms with Crippen LogP contribution in [0.25, 0.3) is 0 Å². The molecule has 0 heterocycles. The molecular weight excluding hydrogens is 212 g/mol. The molecular formula is C14H28N2O. The lowest BCUT2D eigenvalue weighted by Gasteiger charge is -2.20. The van der Waals surface area contributed by atoms with Crippen LogP contribution in [0.15, 0.2) is 0 Å². The number of hydrogen-bond acceptors (Lipinski definition) is 2. The largest absolute Gasteiger partial charge is 0.356 e. The minimum atomic E-state index is 0.127. The quantitative estimate of drug-likeness (QED) is 0.776. The Bertz CT molecular complexity index is 208. The van der Waals surface area contributed by atoms with Crippen molar-refractivity contribution in [2.24, 2.45) is 11.7 Å². The van der Waals surface area contributed by atoms with E-state index in [2.05, 4.69) is 5.32 Å². The fourth-order valence-electron chi connectivity index (χ4n) is 2.45. The molecule has 17 heavy (non-hydrogen) atoms.